The van der Waals surface area contributed by atoms with Gasteiger partial charge in [-0.3, -0.25) is 9.48 Å². The fraction of sp³-hybridized carbons (Fsp3) is 0.105. The number of para-hydroxylation sites is 1. The summed E-state index contributed by atoms with van der Waals surface area (Å²) in [6.45, 7) is 0.265. The average molecular weight is 356 g/mol. The van der Waals surface area contributed by atoms with Gasteiger partial charge in [0.2, 0.25) is 0 Å². The molecule has 7 heteroatoms. The van der Waals surface area contributed by atoms with Crippen molar-refractivity contribution in [1.29, 1.82) is 5.26 Å². The number of nitriles is 1. The zero-order chi connectivity index (χ0) is 17.8. The summed E-state index contributed by atoms with van der Waals surface area (Å²) in [4.78, 5) is 12.3. The van der Waals surface area contributed by atoms with Crippen LogP contribution in [0.1, 0.15) is 11.3 Å². The second-order valence-corrected chi connectivity index (χ2v) is 5.49. The summed E-state index contributed by atoms with van der Waals surface area (Å²) < 4.78 is 1.59. The Balaban J connectivity index is 0.00000243. The molecule has 0 aliphatic carbocycles. The van der Waals surface area contributed by atoms with Gasteiger partial charge in [-0.25, -0.2) is 0 Å². The van der Waals surface area contributed by atoms with Crippen LogP contribution >= 0.6 is 0 Å². The summed E-state index contributed by atoms with van der Waals surface area (Å²) >= 11 is 0. The van der Waals surface area contributed by atoms with Gasteiger partial charge < -0.3 is 10.4 Å². The number of amides is 1. The monoisotopic (exact) mass is 356 g/mol. The molecule has 0 spiro atoms. The van der Waals surface area contributed by atoms with E-state index in [1.54, 1.807) is 23.9 Å². The van der Waals surface area contributed by atoms with E-state index in [0.29, 0.717) is 5.39 Å². The second kappa shape index (κ2) is 8.68. The molecule has 3 rings (SSSR count). The number of benzene rings is 2. The van der Waals surface area contributed by atoms with Crippen LogP contribution in [0.3, 0.4) is 0 Å². The van der Waals surface area contributed by atoms with Crippen LogP contribution in [0.15, 0.2) is 60.2 Å². The molecule has 0 bridgehead atoms. The quantitative estimate of drug-likeness (QED) is 0.324. The molecule has 126 valence electrons. The SMILES string of the molecule is Cn1nc(C(O)=C(C#N)C(=O)NCc2ccccc2)c2ccccc21.[NaH]. The maximum absolute atomic E-state index is 12.3. The topological polar surface area (TPSA) is 90.9 Å². The number of fused-ring (bicyclic) bond motifs is 1. The molecule has 2 N–H and O–H groups in total. The Bertz CT molecular complexity index is 1000. The Morgan fingerprint density at radius 2 is 1.85 bits per heavy atom. The molecule has 2 aromatic carbocycles. The van der Waals surface area contributed by atoms with Crippen molar-refractivity contribution in [3.8, 4) is 6.07 Å². The molecule has 3 aromatic rings. The minimum atomic E-state index is -0.640. The standard InChI is InChI=1S/C19H16N4O2.Na.H/c1-23-16-10-6-5-9-14(16)17(22-23)18(24)15(11-20)19(25)21-12-13-7-3-2-4-8-13;;/h2-10,24H,12H2,1H3,(H,21,25);;. The molecule has 1 heterocycles. The van der Waals surface area contributed by atoms with E-state index >= 15 is 0 Å². The average Bonchev–Trinajstić information content (AvgIpc) is 2.98. The summed E-state index contributed by atoms with van der Waals surface area (Å²) in [7, 11) is 1.74. The molecule has 0 aliphatic rings. The first kappa shape index (κ1) is 19.7. The molecule has 1 amide bonds. The van der Waals surface area contributed by atoms with Crippen LogP contribution in [0.25, 0.3) is 16.7 Å². The first-order valence-electron chi connectivity index (χ1n) is 7.69. The van der Waals surface area contributed by atoms with Crippen LogP contribution in [0.5, 0.6) is 0 Å². The number of nitrogens with zero attached hydrogens (tertiary/aromatic N) is 3. The summed E-state index contributed by atoms with van der Waals surface area (Å²) in [5.41, 5.74) is 1.55. The number of aromatic nitrogens is 2. The number of aliphatic hydroxyl groups is 1. The van der Waals surface area contributed by atoms with Gasteiger partial charge in [-0.1, -0.05) is 48.5 Å². The molecule has 0 aliphatic heterocycles. The number of carbonyl (C=O) groups is 1. The van der Waals surface area contributed by atoms with Gasteiger partial charge in [0.05, 0.1) is 5.52 Å². The fourth-order valence-electron chi connectivity index (χ4n) is 2.58. The van der Waals surface area contributed by atoms with Crippen LogP contribution in [0.2, 0.25) is 0 Å². The first-order valence-corrected chi connectivity index (χ1v) is 7.69. The third kappa shape index (κ3) is 3.97. The van der Waals surface area contributed by atoms with E-state index in [0.717, 1.165) is 11.1 Å². The van der Waals surface area contributed by atoms with Gasteiger partial charge in [0.15, 0.2) is 11.3 Å². The molecule has 1 aromatic heterocycles. The third-order valence-electron chi connectivity index (χ3n) is 3.85. The van der Waals surface area contributed by atoms with Crippen LogP contribution in [0, 0.1) is 11.3 Å². The Morgan fingerprint density at radius 3 is 2.54 bits per heavy atom. The fourth-order valence-corrected chi connectivity index (χ4v) is 2.58. The Hall–Kier alpha value is -2.59. The van der Waals surface area contributed by atoms with Gasteiger partial charge in [0.25, 0.3) is 5.91 Å². The summed E-state index contributed by atoms with van der Waals surface area (Å²) in [5, 5.41) is 27.4. The van der Waals surface area contributed by atoms with Crippen LogP contribution in [-0.2, 0) is 18.4 Å². The molecular weight excluding hydrogens is 339 g/mol. The van der Waals surface area contributed by atoms with Crippen molar-refractivity contribution in [3.63, 3.8) is 0 Å². The zero-order valence-electron chi connectivity index (χ0n) is 13.6. The summed E-state index contributed by atoms with van der Waals surface area (Å²) in [6.07, 6.45) is 0. The molecule has 0 unspecified atom stereocenters. The van der Waals surface area contributed by atoms with E-state index in [9.17, 15) is 15.2 Å². The zero-order valence-corrected chi connectivity index (χ0v) is 13.6. The maximum atomic E-state index is 12.3. The van der Waals surface area contributed by atoms with E-state index in [4.69, 9.17) is 0 Å². The van der Waals surface area contributed by atoms with E-state index in [-0.39, 0.29) is 47.4 Å². The second-order valence-electron chi connectivity index (χ2n) is 5.49. The van der Waals surface area contributed by atoms with Crippen molar-refractivity contribution in [3.05, 3.63) is 71.4 Å². The number of nitrogens with one attached hydrogen (secondary N) is 1. The van der Waals surface area contributed by atoms with E-state index in [2.05, 4.69) is 10.4 Å². The number of rotatable bonds is 4. The van der Waals surface area contributed by atoms with E-state index < -0.39 is 11.7 Å². The number of hydrogen-bond donors (Lipinski definition) is 2. The van der Waals surface area contributed by atoms with E-state index in [1.807, 2.05) is 48.5 Å². The molecule has 6 nitrogen and oxygen atoms in total. The van der Waals surface area contributed by atoms with Crippen molar-refractivity contribution in [2.75, 3.05) is 0 Å². The predicted octanol–water partition coefficient (Wildman–Crippen LogP) is 2.03. The van der Waals surface area contributed by atoms with Crippen LogP contribution in [-0.4, -0.2) is 50.4 Å². The van der Waals surface area contributed by atoms with Crippen LogP contribution < -0.4 is 5.32 Å². The van der Waals surface area contributed by atoms with Crippen molar-refractivity contribution < 1.29 is 9.90 Å². The number of aliphatic hydroxyl groups excluding tert-OH is 1. The molecule has 0 saturated carbocycles. The Morgan fingerprint density at radius 1 is 1.19 bits per heavy atom. The number of carbonyl (C=O) groups excluding carboxylic acids is 1. The third-order valence-corrected chi connectivity index (χ3v) is 3.85. The first-order chi connectivity index (χ1) is 12.1. The van der Waals surface area contributed by atoms with Crippen molar-refractivity contribution >= 4 is 52.1 Å². The molecule has 0 atom stereocenters. The van der Waals surface area contributed by atoms with Gasteiger partial charge in [0, 0.05) is 19.0 Å². The Labute approximate surface area is 173 Å². The Kier molecular flexibility index (Phi) is 6.58. The molecule has 0 radical (unpaired) electrons. The van der Waals surface area contributed by atoms with Crippen molar-refractivity contribution in [2.45, 2.75) is 6.54 Å². The normalized spacial score (nSPS) is 11.2. The van der Waals surface area contributed by atoms with Crippen molar-refractivity contribution in [1.82, 2.24) is 15.1 Å². The minimum absolute atomic E-state index is 0. The van der Waals surface area contributed by atoms with Gasteiger partial charge in [-0.15, -0.1) is 0 Å². The predicted molar refractivity (Wildman–Crippen MR) is 101 cm³/mol. The molecule has 26 heavy (non-hydrogen) atoms. The van der Waals surface area contributed by atoms with Crippen molar-refractivity contribution in [2.24, 2.45) is 7.05 Å². The molecule has 0 fully saturated rings. The summed E-state index contributed by atoms with van der Waals surface area (Å²) in [5.74, 6) is -1.07. The van der Waals surface area contributed by atoms with Gasteiger partial charge >= 0.3 is 29.6 Å². The van der Waals surface area contributed by atoms with Gasteiger partial charge in [-0.05, 0) is 11.6 Å². The van der Waals surface area contributed by atoms with E-state index in [1.165, 1.54) is 0 Å². The number of aryl methyl sites for hydroxylation is 1. The molecular formula is C19H17N4NaO2. The summed E-state index contributed by atoms with van der Waals surface area (Å²) in [6, 6.07) is 18.4. The van der Waals surface area contributed by atoms with Gasteiger partial charge in [-0.2, -0.15) is 10.4 Å². The van der Waals surface area contributed by atoms with Gasteiger partial charge in [0.1, 0.15) is 11.8 Å². The number of hydrogen-bond acceptors (Lipinski definition) is 4. The van der Waals surface area contributed by atoms with Crippen LogP contribution in [0.4, 0.5) is 0 Å². The molecule has 0 saturated heterocycles.